The van der Waals surface area contributed by atoms with Crippen LogP contribution in [0.2, 0.25) is 0 Å². The third kappa shape index (κ3) is 2.41. The third-order valence-electron chi connectivity index (χ3n) is 1.75. The number of nitrogens with two attached hydrogens (primary N) is 1. The van der Waals surface area contributed by atoms with Crippen molar-refractivity contribution >= 4 is 27.7 Å². The molecule has 0 amide bonds. The van der Waals surface area contributed by atoms with Crippen LogP contribution in [0.3, 0.4) is 0 Å². The summed E-state index contributed by atoms with van der Waals surface area (Å²) >= 11 is 2.94. The van der Waals surface area contributed by atoms with Gasteiger partial charge in [-0.15, -0.1) is 0 Å². The first-order valence-electron chi connectivity index (χ1n) is 3.84. The molecule has 1 rings (SSSR count). The van der Waals surface area contributed by atoms with Gasteiger partial charge in [-0.1, -0.05) is 15.9 Å². The number of aromatic nitrogens is 1. The lowest BCUT2D eigenvalue weighted by molar-refractivity contribution is 0.0689. The number of hydrogen-bond donors (Lipinski definition) is 2. The van der Waals surface area contributed by atoms with Gasteiger partial charge in [-0.25, -0.2) is 18.6 Å². The van der Waals surface area contributed by atoms with E-state index in [1.165, 1.54) is 0 Å². The van der Waals surface area contributed by atoms with Crippen molar-refractivity contribution in [3.05, 3.63) is 22.9 Å². The lowest BCUT2D eigenvalue weighted by Crippen LogP contribution is -2.10. The molecular formula is C8H7BrF2N2O2. The lowest BCUT2D eigenvalue weighted by atomic mass is 10.1. The first-order valence-corrected chi connectivity index (χ1v) is 4.96. The Morgan fingerprint density at radius 2 is 2.27 bits per heavy atom. The molecule has 0 fully saturated rings. The second-order valence-corrected chi connectivity index (χ2v) is 3.26. The van der Waals surface area contributed by atoms with E-state index in [1.54, 1.807) is 0 Å². The molecule has 0 unspecified atom stereocenters. The first-order chi connectivity index (χ1) is 6.97. The Balaban J connectivity index is 3.45. The van der Waals surface area contributed by atoms with Gasteiger partial charge in [0.2, 0.25) is 0 Å². The highest BCUT2D eigenvalue weighted by molar-refractivity contribution is 9.08. The highest BCUT2D eigenvalue weighted by Crippen LogP contribution is 2.28. The number of nitrogen functional groups attached to an aromatic ring is 1. The average Bonchev–Trinajstić information content (AvgIpc) is 2.16. The minimum atomic E-state index is -2.78. The predicted molar refractivity (Wildman–Crippen MR) is 53.2 cm³/mol. The summed E-state index contributed by atoms with van der Waals surface area (Å²) < 4.78 is 25.1. The molecular weight excluding hydrogens is 274 g/mol. The van der Waals surface area contributed by atoms with E-state index >= 15 is 0 Å². The van der Waals surface area contributed by atoms with Gasteiger partial charge < -0.3 is 10.8 Å². The Hall–Kier alpha value is -1.24. The summed E-state index contributed by atoms with van der Waals surface area (Å²) in [7, 11) is 0. The summed E-state index contributed by atoms with van der Waals surface area (Å²) in [6, 6.07) is 0.980. The first kappa shape index (κ1) is 11.8. The molecule has 0 radical (unpaired) electrons. The highest BCUT2D eigenvalue weighted by Gasteiger charge is 2.21. The van der Waals surface area contributed by atoms with E-state index in [1.807, 2.05) is 0 Å². The number of carbonyl (C=O) groups is 1. The number of hydrogen-bond acceptors (Lipinski definition) is 3. The molecule has 4 nitrogen and oxygen atoms in total. The zero-order chi connectivity index (χ0) is 11.6. The number of carboxylic acids is 1. The lowest BCUT2D eigenvalue weighted by Gasteiger charge is -2.09. The molecule has 0 saturated heterocycles. The van der Waals surface area contributed by atoms with E-state index in [2.05, 4.69) is 20.9 Å². The fourth-order valence-corrected chi connectivity index (χ4v) is 1.71. The van der Waals surface area contributed by atoms with Crippen LogP contribution in [0.5, 0.6) is 0 Å². The van der Waals surface area contributed by atoms with Gasteiger partial charge in [-0.2, -0.15) is 0 Å². The Kier molecular flexibility index (Phi) is 3.57. The van der Waals surface area contributed by atoms with E-state index in [4.69, 9.17) is 10.8 Å². The quantitative estimate of drug-likeness (QED) is 0.833. The Morgan fingerprint density at radius 1 is 1.67 bits per heavy atom. The summed E-state index contributed by atoms with van der Waals surface area (Å²) in [5, 5.41) is 8.73. The van der Waals surface area contributed by atoms with Crippen LogP contribution in [0, 0.1) is 0 Å². The van der Waals surface area contributed by atoms with Crippen molar-refractivity contribution in [2.24, 2.45) is 0 Å². The van der Waals surface area contributed by atoms with Crippen molar-refractivity contribution in [1.82, 2.24) is 4.98 Å². The number of aromatic carboxylic acids is 1. The van der Waals surface area contributed by atoms with E-state index in [-0.39, 0.29) is 16.7 Å². The van der Waals surface area contributed by atoms with Crippen LogP contribution >= 0.6 is 15.9 Å². The Morgan fingerprint density at radius 3 is 2.67 bits per heavy atom. The average molecular weight is 281 g/mol. The zero-order valence-electron chi connectivity index (χ0n) is 7.38. The number of carboxylic acid groups (broad SMARTS) is 1. The molecule has 7 heteroatoms. The predicted octanol–water partition coefficient (Wildman–Crippen LogP) is 2.19. The molecule has 0 aliphatic carbocycles. The second kappa shape index (κ2) is 4.52. The molecule has 3 N–H and O–H groups in total. The molecule has 82 valence electrons. The van der Waals surface area contributed by atoms with Crippen molar-refractivity contribution in [2.45, 2.75) is 11.8 Å². The Bertz CT molecular complexity index is 398. The summed E-state index contributed by atoms with van der Waals surface area (Å²) in [6.45, 7) is 0. The maximum Gasteiger partial charge on any atom is 0.354 e. The van der Waals surface area contributed by atoms with Crippen LogP contribution < -0.4 is 5.73 Å². The number of halogens is 3. The van der Waals surface area contributed by atoms with Crippen LogP contribution in [-0.2, 0) is 5.33 Å². The minimum Gasteiger partial charge on any atom is -0.477 e. The number of rotatable bonds is 3. The molecule has 0 saturated carbocycles. The van der Waals surface area contributed by atoms with E-state index in [9.17, 15) is 13.6 Å². The topological polar surface area (TPSA) is 76.2 Å². The normalized spacial score (nSPS) is 10.7. The van der Waals surface area contributed by atoms with Crippen molar-refractivity contribution < 1.29 is 18.7 Å². The summed E-state index contributed by atoms with van der Waals surface area (Å²) in [5.74, 6) is -1.61. The van der Waals surface area contributed by atoms with E-state index in [0.717, 1.165) is 6.07 Å². The molecule has 0 bridgehead atoms. The number of pyridine rings is 1. The van der Waals surface area contributed by atoms with E-state index < -0.39 is 23.7 Å². The van der Waals surface area contributed by atoms with Crippen molar-refractivity contribution in [3.63, 3.8) is 0 Å². The van der Waals surface area contributed by atoms with Crippen LogP contribution in [-0.4, -0.2) is 16.1 Å². The molecule has 1 aromatic rings. The molecule has 0 spiro atoms. The monoisotopic (exact) mass is 280 g/mol. The maximum atomic E-state index is 12.5. The smallest absolute Gasteiger partial charge is 0.354 e. The van der Waals surface area contributed by atoms with Crippen LogP contribution in [0.4, 0.5) is 14.6 Å². The molecule has 1 heterocycles. The SMILES string of the molecule is Nc1cc(C(F)F)c(CBr)c(C(=O)O)n1. The molecule has 0 aliphatic rings. The summed E-state index contributed by atoms with van der Waals surface area (Å²) in [4.78, 5) is 14.2. The fraction of sp³-hybridized carbons (Fsp3) is 0.250. The standard InChI is InChI=1S/C8H7BrF2N2O2/c9-2-4-3(7(10)11)1-5(12)13-6(4)8(14)15/h1,7H,2H2,(H2,12,13)(H,14,15). The third-order valence-corrected chi connectivity index (χ3v) is 2.31. The van der Waals surface area contributed by atoms with Gasteiger partial charge in [0.15, 0.2) is 5.69 Å². The van der Waals surface area contributed by atoms with Gasteiger partial charge in [-0.3, -0.25) is 0 Å². The summed E-state index contributed by atoms with van der Waals surface area (Å²) in [6.07, 6.45) is -2.78. The zero-order valence-corrected chi connectivity index (χ0v) is 8.96. The minimum absolute atomic E-state index is 0.0123. The largest absolute Gasteiger partial charge is 0.477 e. The molecule has 0 atom stereocenters. The van der Waals surface area contributed by atoms with Gasteiger partial charge in [-0.05, 0) is 6.07 Å². The van der Waals surface area contributed by atoms with Gasteiger partial charge in [0, 0.05) is 16.5 Å². The van der Waals surface area contributed by atoms with Crippen molar-refractivity contribution in [3.8, 4) is 0 Å². The number of nitrogens with zero attached hydrogens (tertiary/aromatic N) is 1. The number of anilines is 1. The maximum absolute atomic E-state index is 12.5. The van der Waals surface area contributed by atoms with Crippen molar-refractivity contribution in [2.75, 3.05) is 5.73 Å². The Labute approximate surface area is 92.2 Å². The van der Waals surface area contributed by atoms with Gasteiger partial charge in [0.1, 0.15) is 5.82 Å². The van der Waals surface area contributed by atoms with Crippen LogP contribution in [0.15, 0.2) is 6.07 Å². The number of alkyl halides is 3. The van der Waals surface area contributed by atoms with Crippen LogP contribution in [0.1, 0.15) is 28.0 Å². The van der Waals surface area contributed by atoms with Crippen LogP contribution in [0.25, 0.3) is 0 Å². The molecule has 0 aromatic carbocycles. The summed E-state index contributed by atoms with van der Waals surface area (Å²) in [5.41, 5.74) is 4.34. The second-order valence-electron chi connectivity index (χ2n) is 2.70. The fourth-order valence-electron chi connectivity index (χ4n) is 1.12. The molecule has 1 aromatic heterocycles. The molecule has 15 heavy (non-hydrogen) atoms. The highest BCUT2D eigenvalue weighted by atomic mass is 79.9. The van der Waals surface area contributed by atoms with E-state index in [0.29, 0.717) is 0 Å². The van der Waals surface area contributed by atoms with Gasteiger partial charge in [0.25, 0.3) is 6.43 Å². The van der Waals surface area contributed by atoms with Gasteiger partial charge >= 0.3 is 5.97 Å². The van der Waals surface area contributed by atoms with Gasteiger partial charge in [0.05, 0.1) is 0 Å². The molecule has 0 aliphatic heterocycles. The van der Waals surface area contributed by atoms with Crippen molar-refractivity contribution in [1.29, 1.82) is 0 Å².